The van der Waals surface area contributed by atoms with Crippen molar-refractivity contribution in [3.05, 3.63) is 95.3 Å². The first kappa shape index (κ1) is 22.5. The molecule has 31 heavy (non-hydrogen) atoms. The highest BCUT2D eigenvalue weighted by Gasteiger charge is 2.28. The Bertz CT molecular complexity index is 1150. The van der Waals surface area contributed by atoms with E-state index in [-0.39, 0.29) is 17.3 Å². The van der Waals surface area contributed by atoms with Crippen LogP contribution in [0.15, 0.2) is 77.7 Å². The first-order valence-corrected chi connectivity index (χ1v) is 10.9. The zero-order valence-electron chi connectivity index (χ0n) is 17.0. The highest BCUT2D eigenvalue weighted by molar-refractivity contribution is 7.89. The maximum absolute atomic E-state index is 13.0. The lowest BCUT2D eigenvalue weighted by molar-refractivity contribution is -0.142. The van der Waals surface area contributed by atoms with Crippen molar-refractivity contribution >= 4 is 16.0 Å². The number of hydrogen-bond acceptors (Lipinski definition) is 5. The average molecular weight is 443 g/mol. The van der Waals surface area contributed by atoms with Gasteiger partial charge in [-0.2, -0.15) is 4.72 Å². The number of carbonyl (C=O) groups excluding carboxylic acids is 1. The monoisotopic (exact) mass is 443 g/mol. The van der Waals surface area contributed by atoms with Crippen molar-refractivity contribution in [2.45, 2.75) is 24.5 Å². The summed E-state index contributed by atoms with van der Waals surface area (Å²) in [6.07, 6.45) is 0. The van der Waals surface area contributed by atoms with Gasteiger partial charge in [0.2, 0.25) is 10.0 Å². The number of carbonyl (C=O) groups is 1. The molecule has 0 saturated carbocycles. The van der Waals surface area contributed by atoms with Gasteiger partial charge in [0.05, 0.1) is 12.0 Å². The summed E-state index contributed by atoms with van der Waals surface area (Å²) >= 11 is 0. The predicted molar refractivity (Wildman–Crippen MR) is 113 cm³/mol. The van der Waals surface area contributed by atoms with Crippen molar-refractivity contribution in [3.8, 4) is 5.75 Å². The maximum atomic E-state index is 13.0. The third-order valence-corrected chi connectivity index (χ3v) is 5.99. The van der Waals surface area contributed by atoms with Crippen LogP contribution in [0.1, 0.15) is 22.7 Å². The number of rotatable bonds is 8. The van der Waals surface area contributed by atoms with Crippen molar-refractivity contribution < 1.29 is 27.1 Å². The molecule has 0 aliphatic heterocycles. The van der Waals surface area contributed by atoms with Crippen LogP contribution in [0.3, 0.4) is 0 Å². The molecule has 0 amide bonds. The topological polar surface area (TPSA) is 81.7 Å². The van der Waals surface area contributed by atoms with Crippen LogP contribution in [0.25, 0.3) is 0 Å². The van der Waals surface area contributed by atoms with E-state index in [9.17, 15) is 17.6 Å². The summed E-state index contributed by atoms with van der Waals surface area (Å²) in [7, 11) is -2.79. The van der Waals surface area contributed by atoms with Crippen LogP contribution >= 0.6 is 0 Å². The number of esters is 1. The van der Waals surface area contributed by atoms with Gasteiger partial charge < -0.3 is 9.47 Å². The molecule has 0 spiro atoms. The molecule has 0 heterocycles. The number of methoxy groups -OCH3 is 1. The number of halogens is 1. The van der Waals surface area contributed by atoms with Crippen LogP contribution in [-0.4, -0.2) is 21.5 Å². The molecular weight excluding hydrogens is 421 g/mol. The molecule has 3 rings (SSSR count). The fourth-order valence-corrected chi connectivity index (χ4v) is 4.01. The van der Waals surface area contributed by atoms with Crippen LogP contribution in [0.2, 0.25) is 0 Å². The van der Waals surface area contributed by atoms with Crippen molar-refractivity contribution in [3.63, 3.8) is 0 Å². The fraction of sp³-hybridized carbons (Fsp3) is 0.174. The molecule has 0 aromatic heterocycles. The van der Waals surface area contributed by atoms with E-state index in [4.69, 9.17) is 9.47 Å². The third-order valence-electron chi connectivity index (χ3n) is 4.55. The molecule has 162 valence electrons. The van der Waals surface area contributed by atoms with Crippen LogP contribution in [0.4, 0.5) is 4.39 Å². The Morgan fingerprint density at radius 3 is 2.35 bits per heavy atom. The van der Waals surface area contributed by atoms with Gasteiger partial charge in [-0.05, 0) is 54.4 Å². The molecule has 0 saturated heterocycles. The average Bonchev–Trinajstić information content (AvgIpc) is 2.77. The summed E-state index contributed by atoms with van der Waals surface area (Å²) in [4.78, 5) is 12.4. The van der Waals surface area contributed by atoms with Crippen molar-refractivity contribution in [2.75, 3.05) is 7.11 Å². The van der Waals surface area contributed by atoms with E-state index >= 15 is 0 Å². The van der Waals surface area contributed by atoms with Gasteiger partial charge in [-0.3, -0.25) is 0 Å². The number of ether oxygens (including phenoxy) is 2. The minimum Gasteiger partial charge on any atom is -0.489 e. The normalized spacial score (nSPS) is 12.2. The lowest BCUT2D eigenvalue weighted by Crippen LogP contribution is -2.34. The number of nitrogens with one attached hydrogen (secondary N) is 1. The highest BCUT2D eigenvalue weighted by Crippen LogP contribution is 2.24. The second-order valence-electron chi connectivity index (χ2n) is 6.88. The zero-order valence-corrected chi connectivity index (χ0v) is 17.9. The SMILES string of the molecule is COC(=O)[C@H](NS(=O)(=O)c1ccc(C)cc1)c1cccc(OCc2ccc(F)cc2)c1. The number of aryl methyl sites for hydroxylation is 1. The van der Waals surface area contributed by atoms with Gasteiger partial charge in [0, 0.05) is 0 Å². The Hall–Kier alpha value is -3.23. The Morgan fingerprint density at radius 1 is 1.03 bits per heavy atom. The first-order valence-electron chi connectivity index (χ1n) is 9.42. The van der Waals surface area contributed by atoms with Gasteiger partial charge in [-0.1, -0.05) is 42.0 Å². The quantitative estimate of drug-likeness (QED) is 0.534. The Balaban J connectivity index is 1.82. The lowest BCUT2D eigenvalue weighted by Gasteiger charge is -2.18. The molecule has 1 atom stereocenters. The predicted octanol–water partition coefficient (Wildman–Crippen LogP) is 3.91. The minimum absolute atomic E-state index is 0.0377. The number of sulfonamides is 1. The summed E-state index contributed by atoms with van der Waals surface area (Å²) in [5.41, 5.74) is 2.03. The molecular formula is C23H22FNO5S. The van der Waals surface area contributed by atoms with Gasteiger partial charge in [0.25, 0.3) is 0 Å². The molecule has 0 fully saturated rings. The second-order valence-corrected chi connectivity index (χ2v) is 8.59. The van der Waals surface area contributed by atoms with Crippen molar-refractivity contribution in [1.29, 1.82) is 0 Å². The summed E-state index contributed by atoms with van der Waals surface area (Å²) in [6.45, 7) is 2.03. The van der Waals surface area contributed by atoms with Gasteiger partial charge in [-0.15, -0.1) is 0 Å². The molecule has 3 aromatic carbocycles. The molecule has 0 unspecified atom stereocenters. The van der Waals surface area contributed by atoms with E-state index in [2.05, 4.69) is 4.72 Å². The van der Waals surface area contributed by atoms with Crippen LogP contribution in [-0.2, 0) is 26.2 Å². The van der Waals surface area contributed by atoms with E-state index in [0.29, 0.717) is 11.3 Å². The molecule has 3 aromatic rings. The lowest BCUT2D eigenvalue weighted by atomic mass is 10.1. The first-order chi connectivity index (χ1) is 14.8. The minimum atomic E-state index is -3.98. The van der Waals surface area contributed by atoms with E-state index in [0.717, 1.165) is 11.1 Å². The van der Waals surface area contributed by atoms with E-state index < -0.39 is 22.0 Å². The van der Waals surface area contributed by atoms with E-state index in [1.165, 1.54) is 31.4 Å². The van der Waals surface area contributed by atoms with Crippen LogP contribution < -0.4 is 9.46 Å². The fourth-order valence-electron chi connectivity index (χ4n) is 2.84. The summed E-state index contributed by atoms with van der Waals surface area (Å²) in [5.74, 6) is -0.677. The van der Waals surface area contributed by atoms with Crippen molar-refractivity contribution in [1.82, 2.24) is 4.72 Å². The number of benzene rings is 3. The molecule has 0 aliphatic rings. The van der Waals surface area contributed by atoms with Crippen molar-refractivity contribution in [2.24, 2.45) is 0 Å². The molecule has 0 aliphatic carbocycles. The summed E-state index contributed by atoms with van der Waals surface area (Å²) in [5, 5.41) is 0. The molecule has 0 radical (unpaired) electrons. The Labute approximate surface area is 180 Å². The van der Waals surface area contributed by atoms with Gasteiger partial charge in [0.15, 0.2) is 0 Å². The smallest absolute Gasteiger partial charge is 0.328 e. The second kappa shape index (κ2) is 9.72. The molecule has 0 bridgehead atoms. The zero-order chi connectivity index (χ0) is 22.4. The summed E-state index contributed by atoms with van der Waals surface area (Å²) in [6, 6.07) is 17.4. The maximum Gasteiger partial charge on any atom is 0.328 e. The summed E-state index contributed by atoms with van der Waals surface area (Å²) < 4.78 is 51.5. The van der Waals surface area contributed by atoms with Crippen LogP contribution in [0.5, 0.6) is 5.75 Å². The van der Waals surface area contributed by atoms with Gasteiger partial charge in [0.1, 0.15) is 24.2 Å². The van der Waals surface area contributed by atoms with E-state index in [1.54, 1.807) is 48.5 Å². The van der Waals surface area contributed by atoms with Crippen LogP contribution in [0, 0.1) is 12.7 Å². The third kappa shape index (κ3) is 5.90. The molecule has 8 heteroatoms. The Morgan fingerprint density at radius 2 is 1.71 bits per heavy atom. The number of hydrogen-bond donors (Lipinski definition) is 1. The van der Waals surface area contributed by atoms with E-state index in [1.807, 2.05) is 6.92 Å². The Kier molecular flexibility index (Phi) is 7.04. The molecule has 6 nitrogen and oxygen atoms in total. The standard InChI is InChI=1S/C23H22FNO5S/c1-16-6-12-21(13-7-16)31(27,28)25-22(23(26)29-2)18-4-3-5-20(14-18)30-15-17-8-10-19(24)11-9-17/h3-14,22,25H,15H2,1-2H3/t22-/m1/s1. The molecule has 1 N–H and O–H groups in total. The largest absolute Gasteiger partial charge is 0.489 e. The highest BCUT2D eigenvalue weighted by atomic mass is 32.2. The van der Waals surface area contributed by atoms with Gasteiger partial charge >= 0.3 is 5.97 Å². The van der Waals surface area contributed by atoms with Gasteiger partial charge in [-0.25, -0.2) is 17.6 Å².